The Bertz CT molecular complexity index is 468. The third-order valence-corrected chi connectivity index (χ3v) is 5.08. The third-order valence-electron chi connectivity index (χ3n) is 5.08. The van der Waals surface area contributed by atoms with Gasteiger partial charge in [0.25, 0.3) is 0 Å². The van der Waals surface area contributed by atoms with Gasteiger partial charge >= 0.3 is 0 Å². The summed E-state index contributed by atoms with van der Waals surface area (Å²) in [7, 11) is 1.68. The Morgan fingerprint density at radius 2 is 2.05 bits per heavy atom. The highest BCUT2D eigenvalue weighted by Crippen LogP contribution is 2.51. The van der Waals surface area contributed by atoms with E-state index in [1.807, 2.05) is 12.1 Å². The van der Waals surface area contributed by atoms with E-state index >= 15 is 0 Å². The van der Waals surface area contributed by atoms with Gasteiger partial charge in [-0.2, -0.15) is 0 Å². The SMILES string of the molecule is COc1ccc(COCC23CC[C@H](C(C)C)CC2O3)cc1. The van der Waals surface area contributed by atoms with Crippen LogP contribution in [0.1, 0.15) is 38.7 Å². The minimum Gasteiger partial charge on any atom is -0.497 e. The van der Waals surface area contributed by atoms with Crippen LogP contribution in [0.2, 0.25) is 0 Å². The lowest BCUT2D eigenvalue weighted by Crippen LogP contribution is -2.30. The fourth-order valence-corrected chi connectivity index (χ4v) is 3.42. The Balaban J connectivity index is 1.44. The average molecular weight is 290 g/mol. The highest BCUT2D eigenvalue weighted by atomic mass is 16.6. The number of hydrogen-bond donors (Lipinski definition) is 0. The molecule has 0 amide bonds. The van der Waals surface area contributed by atoms with Crippen molar-refractivity contribution < 1.29 is 14.2 Å². The maximum absolute atomic E-state index is 5.98. The van der Waals surface area contributed by atoms with E-state index < -0.39 is 0 Å². The Kier molecular flexibility index (Phi) is 4.23. The lowest BCUT2D eigenvalue weighted by Gasteiger charge is -2.27. The fraction of sp³-hybridized carbons (Fsp3) is 0.667. The highest BCUT2D eigenvalue weighted by molar-refractivity contribution is 5.26. The monoisotopic (exact) mass is 290 g/mol. The summed E-state index contributed by atoms with van der Waals surface area (Å²) in [5.41, 5.74) is 1.22. The van der Waals surface area contributed by atoms with Crippen LogP contribution in [0.4, 0.5) is 0 Å². The van der Waals surface area contributed by atoms with E-state index in [0.29, 0.717) is 12.7 Å². The first-order valence-corrected chi connectivity index (χ1v) is 8.01. The second-order valence-corrected chi connectivity index (χ2v) is 6.79. The van der Waals surface area contributed by atoms with Gasteiger partial charge in [-0.1, -0.05) is 26.0 Å². The van der Waals surface area contributed by atoms with Gasteiger partial charge in [0.05, 0.1) is 26.4 Å². The zero-order chi connectivity index (χ0) is 14.9. The van der Waals surface area contributed by atoms with Crippen molar-refractivity contribution in [2.45, 2.75) is 51.4 Å². The fourth-order valence-electron chi connectivity index (χ4n) is 3.42. The van der Waals surface area contributed by atoms with E-state index in [9.17, 15) is 0 Å². The molecule has 0 radical (unpaired) electrons. The number of benzene rings is 1. The second-order valence-electron chi connectivity index (χ2n) is 6.79. The molecule has 1 aromatic rings. The molecule has 0 bridgehead atoms. The molecule has 2 unspecified atom stereocenters. The first kappa shape index (κ1) is 14.9. The van der Waals surface area contributed by atoms with Gasteiger partial charge in [-0.3, -0.25) is 0 Å². The first-order valence-electron chi connectivity index (χ1n) is 8.01. The maximum Gasteiger partial charge on any atom is 0.118 e. The van der Waals surface area contributed by atoms with E-state index in [2.05, 4.69) is 26.0 Å². The first-order chi connectivity index (χ1) is 10.1. The molecular formula is C18H26O3. The molecule has 1 aromatic carbocycles. The van der Waals surface area contributed by atoms with Gasteiger partial charge in [0.2, 0.25) is 0 Å². The lowest BCUT2D eigenvalue weighted by molar-refractivity contribution is 0.0595. The largest absolute Gasteiger partial charge is 0.497 e. The predicted molar refractivity (Wildman–Crippen MR) is 82.4 cm³/mol. The van der Waals surface area contributed by atoms with E-state index in [1.165, 1.54) is 18.4 Å². The Labute approximate surface area is 127 Å². The van der Waals surface area contributed by atoms with Crippen molar-refractivity contribution >= 4 is 0 Å². The van der Waals surface area contributed by atoms with Gasteiger partial charge < -0.3 is 14.2 Å². The van der Waals surface area contributed by atoms with Crippen LogP contribution in [-0.2, 0) is 16.1 Å². The summed E-state index contributed by atoms with van der Waals surface area (Å²) >= 11 is 0. The quantitative estimate of drug-likeness (QED) is 0.747. The van der Waals surface area contributed by atoms with Crippen LogP contribution in [0.5, 0.6) is 5.75 Å². The summed E-state index contributed by atoms with van der Waals surface area (Å²) in [6, 6.07) is 8.05. The van der Waals surface area contributed by atoms with Crippen LogP contribution in [0.15, 0.2) is 24.3 Å². The minimum absolute atomic E-state index is 0.0395. The van der Waals surface area contributed by atoms with Crippen LogP contribution in [0.3, 0.4) is 0 Å². The molecule has 3 rings (SSSR count). The highest BCUT2D eigenvalue weighted by Gasteiger charge is 2.59. The van der Waals surface area contributed by atoms with Crippen molar-refractivity contribution in [2.75, 3.05) is 13.7 Å². The standard InChI is InChI=1S/C18H26O3/c1-13(2)15-8-9-18(17(10-15)21-18)12-20-11-14-4-6-16(19-3)7-5-14/h4-7,13,15,17H,8-12H2,1-3H3/t15-,17?,18?/m0/s1. The van der Waals surface area contributed by atoms with E-state index in [1.54, 1.807) is 7.11 Å². The number of hydrogen-bond acceptors (Lipinski definition) is 3. The summed E-state index contributed by atoms with van der Waals surface area (Å²) in [5.74, 6) is 2.48. The molecule has 0 spiro atoms. The Hall–Kier alpha value is -1.06. The molecule has 2 fully saturated rings. The topological polar surface area (TPSA) is 31.0 Å². The number of fused-ring (bicyclic) bond motifs is 1. The normalized spacial score (nSPS) is 31.0. The van der Waals surface area contributed by atoms with Gasteiger partial charge in [0.1, 0.15) is 11.4 Å². The molecule has 3 heteroatoms. The molecule has 1 aliphatic heterocycles. The van der Waals surface area contributed by atoms with Gasteiger partial charge in [-0.05, 0) is 48.8 Å². The van der Waals surface area contributed by atoms with Crippen molar-refractivity contribution in [3.8, 4) is 5.75 Å². The third kappa shape index (κ3) is 3.24. The van der Waals surface area contributed by atoms with E-state index in [4.69, 9.17) is 14.2 Å². The lowest BCUT2D eigenvalue weighted by atomic mass is 9.77. The van der Waals surface area contributed by atoms with Crippen LogP contribution >= 0.6 is 0 Å². The van der Waals surface area contributed by atoms with Gasteiger partial charge in [-0.15, -0.1) is 0 Å². The minimum atomic E-state index is 0.0395. The number of epoxide rings is 1. The Morgan fingerprint density at radius 1 is 1.29 bits per heavy atom. The van der Waals surface area contributed by atoms with Crippen LogP contribution in [-0.4, -0.2) is 25.4 Å². The smallest absolute Gasteiger partial charge is 0.118 e. The molecule has 1 saturated heterocycles. The second kappa shape index (κ2) is 5.98. The summed E-state index contributed by atoms with van der Waals surface area (Å²) in [4.78, 5) is 0. The van der Waals surface area contributed by atoms with Crippen molar-refractivity contribution in [1.29, 1.82) is 0 Å². The average Bonchev–Trinajstić information content (AvgIpc) is 3.21. The Morgan fingerprint density at radius 3 is 2.67 bits per heavy atom. The summed E-state index contributed by atoms with van der Waals surface area (Å²) in [5, 5.41) is 0. The van der Waals surface area contributed by atoms with E-state index in [-0.39, 0.29) is 5.60 Å². The molecular weight excluding hydrogens is 264 g/mol. The molecule has 21 heavy (non-hydrogen) atoms. The molecule has 3 nitrogen and oxygen atoms in total. The molecule has 0 aromatic heterocycles. The van der Waals surface area contributed by atoms with Gasteiger partial charge in [0, 0.05) is 0 Å². The van der Waals surface area contributed by atoms with Crippen molar-refractivity contribution in [2.24, 2.45) is 11.8 Å². The molecule has 2 aliphatic rings. The zero-order valence-corrected chi connectivity index (χ0v) is 13.3. The summed E-state index contributed by atoms with van der Waals surface area (Å²) < 4.78 is 17.0. The summed E-state index contributed by atoms with van der Waals surface area (Å²) in [6.07, 6.45) is 4.08. The van der Waals surface area contributed by atoms with Gasteiger partial charge in [-0.25, -0.2) is 0 Å². The van der Waals surface area contributed by atoms with Crippen LogP contribution in [0.25, 0.3) is 0 Å². The van der Waals surface area contributed by atoms with Crippen molar-refractivity contribution in [1.82, 2.24) is 0 Å². The number of ether oxygens (including phenoxy) is 3. The predicted octanol–water partition coefficient (Wildman–Crippen LogP) is 3.81. The van der Waals surface area contributed by atoms with Crippen molar-refractivity contribution in [3.63, 3.8) is 0 Å². The number of methoxy groups -OCH3 is 1. The zero-order valence-electron chi connectivity index (χ0n) is 13.3. The van der Waals surface area contributed by atoms with Crippen LogP contribution < -0.4 is 4.74 Å². The molecule has 1 aliphatic carbocycles. The molecule has 3 atom stereocenters. The van der Waals surface area contributed by atoms with Gasteiger partial charge in [0.15, 0.2) is 0 Å². The van der Waals surface area contributed by atoms with Crippen LogP contribution in [0, 0.1) is 11.8 Å². The molecule has 0 N–H and O–H groups in total. The molecule has 1 saturated carbocycles. The van der Waals surface area contributed by atoms with Crippen molar-refractivity contribution in [3.05, 3.63) is 29.8 Å². The molecule has 116 valence electrons. The summed E-state index contributed by atoms with van der Waals surface area (Å²) in [6.45, 7) is 6.02. The molecule has 1 heterocycles. The maximum atomic E-state index is 5.98. The van der Waals surface area contributed by atoms with E-state index in [0.717, 1.165) is 30.6 Å². The number of rotatable bonds is 6.